The van der Waals surface area contributed by atoms with E-state index in [4.69, 9.17) is 21.1 Å². The minimum absolute atomic E-state index is 0.0196. The highest BCUT2D eigenvalue weighted by Crippen LogP contribution is 2.40. The van der Waals surface area contributed by atoms with Crippen LogP contribution in [0.25, 0.3) is 11.4 Å². The minimum atomic E-state index is -0.0196. The summed E-state index contributed by atoms with van der Waals surface area (Å²) >= 11 is 6.37. The maximum Gasteiger partial charge on any atom is 0.228 e. The van der Waals surface area contributed by atoms with E-state index in [1.807, 2.05) is 12.1 Å². The molecule has 0 spiro atoms. The molecule has 6 rings (SSSR count). The molecular formula is C21H20ClN9O. The fraction of sp³-hybridized carbons (Fsp3) is 0.333. The Hall–Kier alpha value is -3.53. The molecule has 10 nitrogen and oxygen atoms in total. The monoisotopic (exact) mass is 449 g/mol. The highest BCUT2D eigenvalue weighted by molar-refractivity contribution is 6.32. The van der Waals surface area contributed by atoms with E-state index in [0.29, 0.717) is 39.9 Å². The third kappa shape index (κ3) is 3.66. The van der Waals surface area contributed by atoms with Crippen LogP contribution in [0.1, 0.15) is 49.1 Å². The van der Waals surface area contributed by atoms with Crippen LogP contribution in [-0.4, -0.2) is 41.8 Å². The Morgan fingerprint density at radius 2 is 2.03 bits per heavy atom. The van der Waals surface area contributed by atoms with Crippen molar-refractivity contribution < 1.29 is 4.52 Å². The average Bonchev–Trinajstić information content (AvgIpc) is 3.21. The van der Waals surface area contributed by atoms with Gasteiger partial charge in [0, 0.05) is 42.7 Å². The summed E-state index contributed by atoms with van der Waals surface area (Å²) in [4.78, 5) is 19.7. The molecule has 2 aliphatic rings. The first-order valence-electron chi connectivity index (χ1n) is 10.6. The van der Waals surface area contributed by atoms with Gasteiger partial charge in [-0.05, 0) is 25.7 Å². The molecule has 1 saturated carbocycles. The lowest BCUT2D eigenvalue weighted by molar-refractivity contribution is 0.362. The van der Waals surface area contributed by atoms with Gasteiger partial charge < -0.3 is 14.7 Å². The van der Waals surface area contributed by atoms with Crippen molar-refractivity contribution in [3.05, 3.63) is 53.4 Å². The lowest BCUT2D eigenvalue weighted by Gasteiger charge is -2.23. The van der Waals surface area contributed by atoms with Gasteiger partial charge in [-0.3, -0.25) is 15.1 Å². The fourth-order valence-electron chi connectivity index (χ4n) is 4.01. The number of anilines is 3. The van der Waals surface area contributed by atoms with E-state index in [-0.39, 0.29) is 6.04 Å². The highest BCUT2D eigenvalue weighted by atomic mass is 35.5. The van der Waals surface area contributed by atoms with Gasteiger partial charge in [0.15, 0.2) is 17.4 Å². The predicted molar refractivity (Wildman–Crippen MR) is 118 cm³/mol. The third-order valence-corrected chi connectivity index (χ3v) is 6.06. The van der Waals surface area contributed by atoms with Crippen molar-refractivity contribution in [1.82, 2.24) is 35.3 Å². The van der Waals surface area contributed by atoms with E-state index < -0.39 is 0 Å². The molecule has 32 heavy (non-hydrogen) atoms. The van der Waals surface area contributed by atoms with Gasteiger partial charge in [-0.25, -0.2) is 4.98 Å². The lowest BCUT2D eigenvalue weighted by atomic mass is 10.1. The van der Waals surface area contributed by atoms with Crippen LogP contribution in [0.15, 0.2) is 41.4 Å². The molecule has 1 saturated heterocycles. The van der Waals surface area contributed by atoms with Gasteiger partial charge in [0.1, 0.15) is 16.4 Å². The third-order valence-electron chi connectivity index (χ3n) is 5.78. The molecule has 1 aliphatic heterocycles. The quantitative estimate of drug-likeness (QED) is 0.444. The Labute approximate surface area is 188 Å². The molecule has 0 bridgehead atoms. The fourth-order valence-corrected chi connectivity index (χ4v) is 4.15. The van der Waals surface area contributed by atoms with E-state index in [2.05, 4.69) is 40.5 Å². The topological polar surface area (TPSA) is 122 Å². The van der Waals surface area contributed by atoms with Crippen molar-refractivity contribution >= 4 is 29.2 Å². The Morgan fingerprint density at radius 1 is 1.09 bits per heavy atom. The molecule has 4 aromatic rings. The normalized spacial score (nSPS) is 18.3. The van der Waals surface area contributed by atoms with Crippen molar-refractivity contribution in [3.8, 4) is 11.4 Å². The van der Waals surface area contributed by atoms with Crippen molar-refractivity contribution in [2.24, 2.45) is 0 Å². The smallest absolute Gasteiger partial charge is 0.228 e. The van der Waals surface area contributed by atoms with E-state index in [1.54, 1.807) is 24.8 Å². The molecule has 1 atom stereocenters. The number of aromatic amines is 1. The SMILES string of the molecule is Clc1cnc(N2CCCC2c2cc(-c3cnccn3)no2)nc1Nc1cc(C2CC2)[nH]n1. The molecule has 11 heteroatoms. The maximum absolute atomic E-state index is 6.37. The van der Waals surface area contributed by atoms with Crippen LogP contribution in [0, 0.1) is 0 Å². The number of hydrogen-bond acceptors (Lipinski definition) is 9. The molecule has 0 amide bonds. The summed E-state index contributed by atoms with van der Waals surface area (Å²) in [7, 11) is 0. The van der Waals surface area contributed by atoms with E-state index in [9.17, 15) is 0 Å². The number of rotatable bonds is 6. The van der Waals surface area contributed by atoms with Crippen LogP contribution >= 0.6 is 11.6 Å². The summed E-state index contributed by atoms with van der Waals surface area (Å²) < 4.78 is 5.66. The van der Waals surface area contributed by atoms with Gasteiger partial charge in [0.05, 0.1) is 18.4 Å². The second-order valence-corrected chi connectivity index (χ2v) is 8.44. The molecule has 162 valence electrons. The molecule has 1 unspecified atom stereocenters. The molecule has 4 aromatic heterocycles. The predicted octanol–water partition coefficient (Wildman–Crippen LogP) is 4.26. The highest BCUT2D eigenvalue weighted by Gasteiger charge is 2.32. The summed E-state index contributed by atoms with van der Waals surface area (Å²) in [6.07, 6.45) is 10.8. The maximum atomic E-state index is 6.37. The largest absolute Gasteiger partial charge is 0.358 e. The van der Waals surface area contributed by atoms with Crippen molar-refractivity contribution in [1.29, 1.82) is 0 Å². The van der Waals surface area contributed by atoms with E-state index >= 15 is 0 Å². The molecule has 1 aliphatic carbocycles. The minimum Gasteiger partial charge on any atom is -0.358 e. The summed E-state index contributed by atoms with van der Waals surface area (Å²) in [5.41, 5.74) is 2.47. The summed E-state index contributed by atoms with van der Waals surface area (Å²) in [6.45, 7) is 0.807. The molecule has 2 fully saturated rings. The molecule has 2 N–H and O–H groups in total. The Bertz CT molecular complexity index is 1240. The van der Waals surface area contributed by atoms with Crippen LogP contribution in [0.5, 0.6) is 0 Å². The standard InChI is InChI=1S/C21H20ClN9O/c22-13-10-25-21(27-20(13)26-19-9-14(28-29-19)12-3-4-12)31-7-1-2-17(31)18-8-15(30-32-18)16-11-23-5-6-24-16/h5-6,8-12,17H,1-4,7H2,(H2,25,26,27,28,29). The molecule has 0 aromatic carbocycles. The zero-order valence-electron chi connectivity index (χ0n) is 17.1. The number of H-pyrrole nitrogens is 1. The summed E-state index contributed by atoms with van der Waals surface area (Å²) in [6, 6.07) is 3.90. The van der Waals surface area contributed by atoms with Crippen LogP contribution in [0.2, 0.25) is 5.02 Å². The first kappa shape index (κ1) is 19.2. The van der Waals surface area contributed by atoms with Gasteiger partial charge in [-0.1, -0.05) is 16.8 Å². The van der Waals surface area contributed by atoms with Crippen LogP contribution in [0.3, 0.4) is 0 Å². The van der Waals surface area contributed by atoms with Gasteiger partial charge in [0.25, 0.3) is 0 Å². The molecule has 0 radical (unpaired) electrons. The zero-order valence-corrected chi connectivity index (χ0v) is 17.8. The van der Waals surface area contributed by atoms with Crippen molar-refractivity contribution in [2.45, 2.75) is 37.6 Å². The number of aromatic nitrogens is 7. The number of hydrogen-bond donors (Lipinski definition) is 2. The van der Waals surface area contributed by atoms with Crippen molar-refractivity contribution in [2.75, 3.05) is 16.8 Å². The van der Waals surface area contributed by atoms with Gasteiger partial charge in [-0.15, -0.1) is 0 Å². The van der Waals surface area contributed by atoms with Gasteiger partial charge >= 0.3 is 0 Å². The van der Waals surface area contributed by atoms with Crippen LogP contribution < -0.4 is 10.2 Å². The average molecular weight is 450 g/mol. The molecule has 5 heterocycles. The van der Waals surface area contributed by atoms with Gasteiger partial charge in [-0.2, -0.15) is 10.1 Å². The first-order valence-corrected chi connectivity index (χ1v) is 11.0. The first-order chi connectivity index (χ1) is 15.7. The Morgan fingerprint density at radius 3 is 2.88 bits per heavy atom. The van der Waals surface area contributed by atoms with Crippen LogP contribution in [-0.2, 0) is 0 Å². The number of nitrogens with one attached hydrogen (secondary N) is 2. The molecular weight excluding hydrogens is 430 g/mol. The number of halogens is 1. The van der Waals surface area contributed by atoms with E-state index in [0.717, 1.165) is 30.8 Å². The second kappa shape index (κ2) is 7.86. The Kier molecular flexibility index (Phi) is 4.71. The zero-order chi connectivity index (χ0) is 21.5. The Balaban J connectivity index is 1.25. The summed E-state index contributed by atoms with van der Waals surface area (Å²) in [5, 5.41) is 15.2. The second-order valence-electron chi connectivity index (χ2n) is 8.03. The lowest BCUT2D eigenvalue weighted by Crippen LogP contribution is -2.24. The number of nitrogens with zero attached hydrogens (tertiary/aromatic N) is 7. The van der Waals surface area contributed by atoms with E-state index in [1.165, 1.54) is 12.8 Å². The summed E-state index contributed by atoms with van der Waals surface area (Å²) in [5.74, 6) is 3.13. The van der Waals surface area contributed by atoms with Gasteiger partial charge in [0.2, 0.25) is 5.95 Å². The van der Waals surface area contributed by atoms with Crippen LogP contribution in [0.4, 0.5) is 17.6 Å². The van der Waals surface area contributed by atoms with Crippen molar-refractivity contribution in [3.63, 3.8) is 0 Å².